The Kier molecular flexibility index (Phi) is 12.4. The number of hydrogen-bond donors (Lipinski definition) is 3. The second kappa shape index (κ2) is 18.5. The van der Waals surface area contributed by atoms with Crippen molar-refractivity contribution in [2.75, 3.05) is 33.9 Å². The highest BCUT2D eigenvalue weighted by atomic mass is 17.2. The maximum atomic E-state index is 14.0. The second-order valence-corrected chi connectivity index (χ2v) is 15.0. The summed E-state index contributed by atoms with van der Waals surface area (Å²) in [6.45, 7) is 1.64. The number of H-pyrrole nitrogens is 1. The van der Waals surface area contributed by atoms with Crippen LogP contribution in [0.15, 0.2) is 119 Å². The van der Waals surface area contributed by atoms with E-state index in [1.807, 2.05) is 78.9 Å². The molecule has 2 amide bonds. The van der Waals surface area contributed by atoms with Crippen LogP contribution in [0.25, 0.3) is 22.4 Å². The van der Waals surface area contributed by atoms with Crippen LogP contribution in [0.3, 0.4) is 0 Å². The number of hydrogen-bond acceptors (Lipinski definition) is 11. The predicted molar refractivity (Wildman–Crippen MR) is 224 cm³/mol. The van der Waals surface area contributed by atoms with Crippen molar-refractivity contribution in [3.63, 3.8) is 0 Å². The van der Waals surface area contributed by atoms with Crippen LogP contribution in [0.5, 0.6) is 0 Å². The van der Waals surface area contributed by atoms with E-state index in [1.54, 1.807) is 11.1 Å². The highest BCUT2D eigenvalue weighted by Crippen LogP contribution is 2.37. The fourth-order valence-corrected chi connectivity index (χ4v) is 8.23. The average Bonchev–Trinajstić information content (AvgIpc) is 4.13. The Morgan fingerprint density at radius 2 is 1.67 bits per heavy atom. The summed E-state index contributed by atoms with van der Waals surface area (Å²) in [5.41, 5.74) is 6.43. The Bertz CT molecular complexity index is 2430. The van der Waals surface area contributed by atoms with Gasteiger partial charge in [0.25, 0.3) is 5.91 Å². The third kappa shape index (κ3) is 8.84. The number of carbonyl (C=O) groups excluding carboxylic acids is 3. The lowest BCUT2D eigenvalue weighted by Gasteiger charge is -2.25. The number of aliphatic imine (C=N–C) groups is 1. The molecular formula is C46H47N7O7. The molecule has 2 saturated heterocycles. The lowest BCUT2D eigenvalue weighted by Crippen LogP contribution is -2.38. The molecule has 0 aliphatic carbocycles. The second-order valence-electron chi connectivity index (χ2n) is 15.0. The van der Waals surface area contributed by atoms with Crippen LogP contribution in [0, 0.1) is 5.92 Å². The summed E-state index contributed by atoms with van der Waals surface area (Å²) in [7, 11) is 2.67. The number of ketones is 1. The van der Waals surface area contributed by atoms with Crippen LogP contribution in [-0.4, -0.2) is 77.9 Å². The lowest BCUT2D eigenvalue weighted by molar-refractivity contribution is -0.188. The van der Waals surface area contributed by atoms with E-state index in [9.17, 15) is 14.4 Å². The smallest absolute Gasteiger partial charge is 0.407 e. The van der Waals surface area contributed by atoms with E-state index >= 15 is 0 Å². The molecule has 0 radical (unpaired) electrons. The summed E-state index contributed by atoms with van der Waals surface area (Å²) < 4.78 is 11.1. The van der Waals surface area contributed by atoms with E-state index in [4.69, 9.17) is 19.0 Å². The van der Waals surface area contributed by atoms with Gasteiger partial charge in [-0.15, -0.1) is 0 Å². The van der Waals surface area contributed by atoms with Gasteiger partial charge in [0.15, 0.2) is 17.6 Å². The number of alkyl carbamates (subject to hydrolysis) is 1. The molecule has 4 aromatic carbocycles. The zero-order valence-electron chi connectivity index (χ0n) is 33.5. The van der Waals surface area contributed by atoms with Gasteiger partial charge in [-0.05, 0) is 60.1 Å². The number of oxazole rings is 1. The Morgan fingerprint density at radius 3 is 2.42 bits per heavy atom. The predicted octanol–water partition coefficient (Wildman–Crippen LogP) is 6.98. The number of nitrogens with one attached hydrogen (secondary N) is 3. The average molecular weight is 810 g/mol. The topological polar surface area (TPSA) is 173 Å². The number of nitrogens with zero attached hydrogens (tertiary/aromatic N) is 4. The zero-order chi connectivity index (χ0) is 41.4. The van der Waals surface area contributed by atoms with Crippen LogP contribution in [0.4, 0.5) is 4.79 Å². The molecule has 0 saturated carbocycles. The molecule has 308 valence electrons. The number of imidazole rings is 1. The molecule has 14 nitrogen and oxygen atoms in total. The van der Waals surface area contributed by atoms with Gasteiger partial charge in [0, 0.05) is 37.0 Å². The van der Waals surface area contributed by atoms with Gasteiger partial charge in [-0.1, -0.05) is 91.0 Å². The number of Topliss-reactive ketones (excluding diaryl/α,β-unsaturated/α-hetero) is 1. The molecule has 4 heterocycles. The molecule has 14 heteroatoms. The summed E-state index contributed by atoms with van der Waals surface area (Å²) >= 11 is 0. The standard InChI is InChI=1S/C46H47N7O7/c1-57-46(56)52-40(32-10-5-3-6-11-32)42(54)34-25-47-26-35(34)43-50-36-22-19-30(24-37(36)51-43)16-15-29-17-20-31(21-18-29)39-27-48-44(60-39)38-14-9-23-53(38)45(55)41(49-28-59-58-2)33-12-7-4-8-13-33/h3-8,10-13,17-22,24,27-28,34-35,38,40-41,47H,9,14-16,23,25-26H2,1-2H3,(H,50,51)(H,52,56)/t34?,35-,38+,40-,41-/m1/s1. The Morgan fingerprint density at radius 1 is 0.933 bits per heavy atom. The molecule has 2 fully saturated rings. The van der Waals surface area contributed by atoms with Gasteiger partial charge in [0.05, 0.1) is 31.4 Å². The number of carbonyl (C=O) groups is 3. The number of rotatable bonds is 15. The van der Waals surface area contributed by atoms with Crippen molar-refractivity contribution in [3.05, 3.63) is 143 Å². The Labute approximate surface area is 347 Å². The molecule has 1 unspecified atom stereocenters. The number of likely N-dealkylation sites (tertiary alicyclic amines) is 1. The molecular weight excluding hydrogens is 763 g/mol. The highest BCUT2D eigenvalue weighted by Gasteiger charge is 2.40. The molecule has 0 bridgehead atoms. The van der Waals surface area contributed by atoms with E-state index in [0.29, 0.717) is 36.8 Å². The minimum atomic E-state index is -0.841. The first kappa shape index (κ1) is 40.2. The molecule has 2 aliphatic rings. The van der Waals surface area contributed by atoms with E-state index in [1.165, 1.54) is 19.8 Å². The molecule has 2 aliphatic heterocycles. The summed E-state index contributed by atoms with van der Waals surface area (Å²) in [6, 6.07) is 31.2. The summed E-state index contributed by atoms with van der Waals surface area (Å²) in [6.07, 6.45) is 5.41. The Balaban J connectivity index is 0.904. The summed E-state index contributed by atoms with van der Waals surface area (Å²) in [5.74, 6) is 1.03. The van der Waals surface area contributed by atoms with Crippen molar-refractivity contribution >= 4 is 35.2 Å². The molecule has 60 heavy (non-hydrogen) atoms. The van der Waals surface area contributed by atoms with Crippen LogP contribution < -0.4 is 10.6 Å². The van der Waals surface area contributed by atoms with Crippen molar-refractivity contribution in [2.45, 2.75) is 49.7 Å². The van der Waals surface area contributed by atoms with E-state index < -0.39 is 24.1 Å². The van der Waals surface area contributed by atoms with Crippen LogP contribution in [0.1, 0.15) is 70.9 Å². The number of amides is 2. The van der Waals surface area contributed by atoms with E-state index in [2.05, 4.69) is 54.7 Å². The molecule has 6 aromatic rings. The molecule has 5 atom stereocenters. The number of benzene rings is 4. The highest BCUT2D eigenvalue weighted by molar-refractivity contribution is 5.91. The van der Waals surface area contributed by atoms with E-state index in [0.717, 1.165) is 65.6 Å². The van der Waals surface area contributed by atoms with Crippen LogP contribution in [0.2, 0.25) is 0 Å². The van der Waals surface area contributed by atoms with Crippen molar-refractivity contribution in [1.29, 1.82) is 0 Å². The van der Waals surface area contributed by atoms with Gasteiger partial charge in [0.1, 0.15) is 17.9 Å². The van der Waals surface area contributed by atoms with Crippen LogP contribution >= 0.6 is 0 Å². The first-order valence-electron chi connectivity index (χ1n) is 20.1. The minimum Gasteiger partial charge on any atom is -0.453 e. The lowest BCUT2D eigenvalue weighted by atomic mass is 9.85. The molecule has 2 aromatic heterocycles. The molecule has 3 N–H and O–H groups in total. The number of ether oxygens (including phenoxy) is 1. The largest absolute Gasteiger partial charge is 0.453 e. The first-order valence-corrected chi connectivity index (χ1v) is 20.1. The summed E-state index contributed by atoms with van der Waals surface area (Å²) in [5, 5.41) is 6.10. The van der Waals surface area contributed by atoms with Gasteiger partial charge in [-0.3, -0.25) is 9.59 Å². The fourth-order valence-electron chi connectivity index (χ4n) is 8.23. The fraction of sp³-hybridized carbons (Fsp3) is 0.304. The first-order chi connectivity index (χ1) is 29.4. The maximum Gasteiger partial charge on any atom is 0.407 e. The minimum absolute atomic E-state index is 0.0985. The monoisotopic (exact) mass is 809 g/mol. The summed E-state index contributed by atoms with van der Waals surface area (Å²) in [4.78, 5) is 68.8. The Hall–Kier alpha value is -6.64. The van der Waals surface area contributed by atoms with Crippen molar-refractivity contribution in [2.24, 2.45) is 10.9 Å². The van der Waals surface area contributed by atoms with Crippen molar-refractivity contribution in [1.82, 2.24) is 30.5 Å². The van der Waals surface area contributed by atoms with Gasteiger partial charge in [0.2, 0.25) is 12.3 Å². The number of methoxy groups -OCH3 is 1. The maximum absolute atomic E-state index is 14.0. The SMILES string of the molecule is COOC=N[C@@H](C(=O)N1CCC[C@H]1c1ncc(-c2ccc(CCc3ccc4nc([C@@H]5CNCC5C(=O)[C@H](NC(=O)OC)c5ccccc5)[nH]c4c3)cc2)o1)c1ccccc1. The molecule has 8 rings (SSSR count). The number of fused-ring (bicyclic) bond motifs is 1. The van der Waals surface area contributed by atoms with Gasteiger partial charge >= 0.3 is 6.09 Å². The van der Waals surface area contributed by atoms with E-state index in [-0.39, 0.29) is 23.7 Å². The van der Waals surface area contributed by atoms with Crippen LogP contribution in [-0.2, 0) is 36.9 Å². The van der Waals surface area contributed by atoms with Gasteiger partial charge in [-0.2, -0.15) is 4.89 Å². The normalized spacial score (nSPS) is 18.8. The van der Waals surface area contributed by atoms with Crippen molar-refractivity contribution in [3.8, 4) is 11.3 Å². The quantitative estimate of drug-likeness (QED) is 0.0425. The number of aromatic nitrogens is 3. The zero-order valence-corrected chi connectivity index (χ0v) is 33.5. The third-order valence-corrected chi connectivity index (χ3v) is 11.3. The number of aromatic amines is 1. The van der Waals surface area contributed by atoms with Gasteiger partial charge < -0.3 is 34.6 Å². The number of aryl methyl sites for hydroxylation is 2. The third-order valence-electron chi connectivity index (χ3n) is 11.3. The van der Waals surface area contributed by atoms with Crippen molar-refractivity contribution < 1.29 is 33.3 Å². The molecule has 0 spiro atoms. The van der Waals surface area contributed by atoms with Gasteiger partial charge in [-0.25, -0.2) is 19.8 Å².